The molecule has 2 heterocycles. The third-order valence-corrected chi connectivity index (χ3v) is 6.43. The van der Waals surface area contributed by atoms with Crippen molar-refractivity contribution in [3.8, 4) is 17.3 Å². The van der Waals surface area contributed by atoms with Crippen molar-refractivity contribution in [3.05, 3.63) is 78.5 Å². The highest BCUT2D eigenvalue weighted by atomic mass is 16.5. The molecule has 3 aromatic rings. The minimum Gasteiger partial charge on any atom is -0.476 e. The summed E-state index contributed by atoms with van der Waals surface area (Å²) in [6.45, 7) is -1.70. The van der Waals surface area contributed by atoms with E-state index in [2.05, 4.69) is 15.3 Å². The third kappa shape index (κ3) is 12.3. The van der Waals surface area contributed by atoms with E-state index in [9.17, 15) is 24.3 Å². The Kier molecular flexibility index (Phi) is 14.3. The summed E-state index contributed by atoms with van der Waals surface area (Å²) < 4.78 is 5.78. The molecule has 5 N–H and O–H groups in total. The molecule has 0 aliphatic rings. The molecule has 14 heteroatoms. The molecule has 0 saturated heterocycles. The molecule has 0 fully saturated rings. The van der Waals surface area contributed by atoms with Gasteiger partial charge < -0.3 is 35.8 Å². The zero-order chi connectivity index (χ0) is 32.4. The van der Waals surface area contributed by atoms with E-state index in [0.717, 1.165) is 5.56 Å². The lowest BCUT2D eigenvalue weighted by Gasteiger charge is -2.29. The Balaban J connectivity index is 1.64. The maximum absolute atomic E-state index is 13.4. The Bertz CT molecular complexity index is 1380. The van der Waals surface area contributed by atoms with Gasteiger partial charge in [-0.15, -0.1) is 0 Å². The third-order valence-electron chi connectivity index (χ3n) is 6.43. The smallest absolute Gasteiger partial charge is 0.242 e. The fourth-order valence-corrected chi connectivity index (χ4v) is 4.29. The van der Waals surface area contributed by atoms with E-state index in [0.29, 0.717) is 17.3 Å². The molecule has 0 spiro atoms. The number of aromatic nitrogens is 2. The van der Waals surface area contributed by atoms with Crippen molar-refractivity contribution in [2.45, 2.75) is 6.54 Å². The van der Waals surface area contributed by atoms with Crippen molar-refractivity contribution >= 4 is 23.6 Å². The lowest BCUT2D eigenvalue weighted by molar-refractivity contribution is -0.143. The van der Waals surface area contributed by atoms with E-state index in [1.54, 1.807) is 54.7 Å². The van der Waals surface area contributed by atoms with E-state index in [1.165, 1.54) is 14.7 Å². The van der Waals surface area contributed by atoms with Gasteiger partial charge in [-0.05, 0) is 23.8 Å². The van der Waals surface area contributed by atoms with Gasteiger partial charge in [-0.25, -0.2) is 4.98 Å². The van der Waals surface area contributed by atoms with E-state index < -0.39 is 36.8 Å². The van der Waals surface area contributed by atoms with Gasteiger partial charge in [0.25, 0.3) is 0 Å². The van der Waals surface area contributed by atoms with Gasteiger partial charge in [0.15, 0.2) is 0 Å². The van der Waals surface area contributed by atoms with E-state index in [1.807, 2.05) is 18.2 Å². The van der Waals surface area contributed by atoms with Crippen LogP contribution in [0.5, 0.6) is 5.88 Å². The first kappa shape index (κ1) is 34.6. The van der Waals surface area contributed by atoms with Gasteiger partial charge in [-0.3, -0.25) is 29.1 Å². The summed E-state index contributed by atoms with van der Waals surface area (Å²) in [7, 11) is 0. The molecule has 2 aromatic heterocycles. The van der Waals surface area contributed by atoms with E-state index >= 15 is 0 Å². The Hall–Kier alpha value is -4.92. The number of hydrogen-bond acceptors (Lipinski definition) is 10. The van der Waals surface area contributed by atoms with Crippen molar-refractivity contribution in [3.63, 3.8) is 0 Å². The second-order valence-electron chi connectivity index (χ2n) is 9.95. The van der Waals surface area contributed by atoms with Crippen LogP contribution in [0.4, 0.5) is 0 Å². The number of primary amides is 1. The molecule has 4 amide bonds. The van der Waals surface area contributed by atoms with Crippen LogP contribution < -0.4 is 15.8 Å². The Labute approximate surface area is 261 Å². The number of carbonyl (C=O) groups is 4. The SMILES string of the molecule is NC(=O)CN(CCOc1cccc(-c2ccccn2)n1)CC(=O)N(CCO)CC(=O)N(CC(=O)NCCO)Cc1ccccc1. The number of carbonyl (C=O) groups excluding carboxylic acids is 4. The molecule has 0 atom stereocenters. The number of nitrogens with two attached hydrogens (primary N) is 1. The maximum atomic E-state index is 13.4. The quantitative estimate of drug-likeness (QED) is 0.133. The number of pyridine rings is 2. The lowest BCUT2D eigenvalue weighted by atomic mass is 10.2. The van der Waals surface area contributed by atoms with Gasteiger partial charge in [0.1, 0.15) is 6.61 Å². The fraction of sp³-hybridized carbons (Fsp3) is 0.355. The van der Waals surface area contributed by atoms with Gasteiger partial charge in [-0.2, -0.15) is 0 Å². The standard InChI is InChI=1S/C31H39N7O7/c32-27(41)20-36(15-18-45-29-11-6-10-26(35-29)25-9-4-5-12-33-25)22-30(43)37(14-17-40)23-31(44)38(21-28(42)34-13-16-39)19-24-7-2-1-3-8-24/h1-12,39-40H,13-23H2,(H2,32,41)(H,34,42). The summed E-state index contributed by atoms with van der Waals surface area (Å²) in [4.78, 5) is 63.5. The zero-order valence-electron chi connectivity index (χ0n) is 25.0. The zero-order valence-corrected chi connectivity index (χ0v) is 25.0. The van der Waals surface area contributed by atoms with E-state index in [4.69, 9.17) is 15.6 Å². The summed E-state index contributed by atoms with van der Waals surface area (Å²) in [6, 6.07) is 19.8. The van der Waals surface area contributed by atoms with Crippen molar-refractivity contribution < 1.29 is 34.1 Å². The van der Waals surface area contributed by atoms with Crippen LogP contribution in [0.25, 0.3) is 11.4 Å². The summed E-state index contributed by atoms with van der Waals surface area (Å²) in [5, 5.41) is 21.2. The number of benzene rings is 1. The van der Waals surface area contributed by atoms with Gasteiger partial charge in [0.2, 0.25) is 29.5 Å². The van der Waals surface area contributed by atoms with Gasteiger partial charge in [-0.1, -0.05) is 42.5 Å². The Morgan fingerprint density at radius 3 is 2.20 bits per heavy atom. The number of amides is 4. The summed E-state index contributed by atoms with van der Waals surface area (Å²) in [6.07, 6.45) is 1.66. The van der Waals surface area contributed by atoms with Gasteiger partial charge >= 0.3 is 0 Å². The minimum atomic E-state index is -0.661. The van der Waals surface area contributed by atoms with Crippen molar-refractivity contribution in [1.82, 2.24) is 30.0 Å². The summed E-state index contributed by atoms with van der Waals surface area (Å²) in [5.74, 6) is -1.86. The molecule has 14 nitrogen and oxygen atoms in total. The van der Waals surface area contributed by atoms with Crippen LogP contribution in [0.2, 0.25) is 0 Å². The van der Waals surface area contributed by atoms with Gasteiger partial charge in [0.05, 0.1) is 50.8 Å². The van der Waals surface area contributed by atoms with Crippen LogP contribution >= 0.6 is 0 Å². The molecule has 0 radical (unpaired) electrons. The van der Waals surface area contributed by atoms with E-state index in [-0.39, 0.29) is 59.0 Å². The van der Waals surface area contributed by atoms with Gasteiger partial charge in [0, 0.05) is 38.4 Å². The number of aliphatic hydroxyl groups excluding tert-OH is 2. The second-order valence-corrected chi connectivity index (χ2v) is 9.95. The lowest BCUT2D eigenvalue weighted by Crippen LogP contribution is -2.50. The summed E-state index contributed by atoms with van der Waals surface area (Å²) >= 11 is 0. The Morgan fingerprint density at radius 2 is 1.51 bits per heavy atom. The number of aliphatic hydroxyl groups is 2. The topological polar surface area (TPSA) is 192 Å². The molecule has 0 bridgehead atoms. The second kappa shape index (κ2) is 18.7. The van der Waals surface area contributed by atoms with Crippen molar-refractivity contribution in [2.24, 2.45) is 5.73 Å². The molecule has 1 aromatic carbocycles. The van der Waals surface area contributed by atoms with Crippen LogP contribution in [-0.2, 0) is 25.7 Å². The highest BCUT2D eigenvalue weighted by Gasteiger charge is 2.25. The van der Waals surface area contributed by atoms with Crippen molar-refractivity contribution in [1.29, 1.82) is 0 Å². The molecule has 3 rings (SSSR count). The number of nitrogens with one attached hydrogen (secondary N) is 1. The molecular weight excluding hydrogens is 582 g/mol. The average Bonchev–Trinajstić information content (AvgIpc) is 3.04. The largest absolute Gasteiger partial charge is 0.476 e. The first-order valence-electron chi connectivity index (χ1n) is 14.4. The maximum Gasteiger partial charge on any atom is 0.242 e. The molecular formula is C31H39N7O7. The van der Waals surface area contributed by atoms with Crippen LogP contribution in [0, 0.1) is 0 Å². The molecule has 240 valence electrons. The molecule has 0 aliphatic heterocycles. The van der Waals surface area contributed by atoms with Crippen LogP contribution in [-0.4, -0.2) is 124 Å². The number of hydrogen-bond donors (Lipinski definition) is 4. The monoisotopic (exact) mass is 621 g/mol. The number of rotatable bonds is 19. The number of ether oxygens (including phenoxy) is 1. The molecule has 0 unspecified atom stereocenters. The average molecular weight is 622 g/mol. The molecule has 45 heavy (non-hydrogen) atoms. The van der Waals surface area contributed by atoms with Crippen molar-refractivity contribution in [2.75, 3.05) is 65.6 Å². The fourth-order valence-electron chi connectivity index (χ4n) is 4.29. The molecule has 0 aliphatic carbocycles. The Morgan fingerprint density at radius 1 is 0.778 bits per heavy atom. The highest BCUT2D eigenvalue weighted by molar-refractivity contribution is 5.89. The first-order valence-corrected chi connectivity index (χ1v) is 14.4. The predicted molar refractivity (Wildman–Crippen MR) is 164 cm³/mol. The predicted octanol–water partition coefficient (Wildman–Crippen LogP) is -0.732. The first-order chi connectivity index (χ1) is 21.8. The van der Waals surface area contributed by atoms with Crippen LogP contribution in [0.15, 0.2) is 72.9 Å². The van der Waals surface area contributed by atoms with Crippen LogP contribution in [0.3, 0.4) is 0 Å². The van der Waals surface area contributed by atoms with Crippen LogP contribution in [0.1, 0.15) is 5.56 Å². The number of nitrogens with zero attached hydrogens (tertiary/aromatic N) is 5. The normalized spacial score (nSPS) is 10.7. The summed E-state index contributed by atoms with van der Waals surface area (Å²) in [5.41, 5.74) is 7.49. The highest BCUT2D eigenvalue weighted by Crippen LogP contribution is 2.17. The molecule has 0 saturated carbocycles. The minimum absolute atomic E-state index is 0.0342.